The van der Waals surface area contributed by atoms with Gasteiger partial charge in [0.05, 0.1) is 0 Å². The minimum atomic E-state index is 0.277. The van der Waals surface area contributed by atoms with Gasteiger partial charge in [0, 0.05) is 30.2 Å². The van der Waals surface area contributed by atoms with Crippen molar-refractivity contribution in [2.75, 3.05) is 17.2 Å². The summed E-state index contributed by atoms with van der Waals surface area (Å²) in [5.74, 6) is 1.21. The zero-order valence-corrected chi connectivity index (χ0v) is 12.5. The molecule has 0 atom stereocenters. The summed E-state index contributed by atoms with van der Waals surface area (Å²) in [4.78, 5) is 13.2. The maximum atomic E-state index is 9.08. The van der Waals surface area contributed by atoms with E-state index in [-0.39, 0.29) is 6.04 Å². The fraction of sp³-hybridized carbons (Fsp3) is 0.467. The maximum absolute atomic E-state index is 9.08. The van der Waals surface area contributed by atoms with Gasteiger partial charge in [0.1, 0.15) is 17.3 Å². The van der Waals surface area contributed by atoms with Crippen molar-refractivity contribution < 1.29 is 0 Å². The average Bonchev–Trinajstić information content (AvgIpc) is 2.51. The van der Waals surface area contributed by atoms with E-state index >= 15 is 0 Å². The second kappa shape index (κ2) is 6.12. The van der Waals surface area contributed by atoms with Crippen molar-refractivity contribution in [3.05, 3.63) is 18.0 Å². The van der Waals surface area contributed by atoms with E-state index in [4.69, 9.17) is 11.0 Å². The lowest BCUT2D eigenvalue weighted by Crippen LogP contribution is -2.44. The monoisotopic (exact) mass is 297 g/mol. The number of aromatic nitrogens is 3. The number of nitriles is 1. The standard InChI is InChI=1S/C15H19N7/c1-2-3-18-14-13-9(4-12(7-16)20-14)8-19-15(22-13)21-11-5-10(17)6-11/h4,8,10-11H,2-3,5-6,17H2,1H3,(H,18,20)(H,19,21,22)/t10-,11-. The van der Waals surface area contributed by atoms with Gasteiger partial charge in [-0.05, 0) is 25.3 Å². The molecule has 0 bridgehead atoms. The third-order valence-corrected chi connectivity index (χ3v) is 3.73. The van der Waals surface area contributed by atoms with Crippen LogP contribution < -0.4 is 16.4 Å². The molecule has 1 fully saturated rings. The zero-order chi connectivity index (χ0) is 15.5. The number of hydrogen-bond acceptors (Lipinski definition) is 7. The third kappa shape index (κ3) is 2.92. The number of rotatable bonds is 5. The van der Waals surface area contributed by atoms with E-state index in [9.17, 15) is 0 Å². The van der Waals surface area contributed by atoms with Crippen molar-refractivity contribution >= 4 is 22.7 Å². The van der Waals surface area contributed by atoms with Crippen molar-refractivity contribution in [2.24, 2.45) is 5.73 Å². The van der Waals surface area contributed by atoms with E-state index in [2.05, 4.69) is 38.6 Å². The quantitative estimate of drug-likeness (QED) is 0.768. The third-order valence-electron chi connectivity index (χ3n) is 3.73. The number of fused-ring (bicyclic) bond motifs is 1. The Balaban J connectivity index is 1.92. The van der Waals surface area contributed by atoms with Crippen LogP contribution >= 0.6 is 0 Å². The Morgan fingerprint density at radius 1 is 1.41 bits per heavy atom. The van der Waals surface area contributed by atoms with E-state index < -0.39 is 0 Å². The Morgan fingerprint density at radius 3 is 2.91 bits per heavy atom. The van der Waals surface area contributed by atoms with Crippen LogP contribution in [0.2, 0.25) is 0 Å². The van der Waals surface area contributed by atoms with E-state index in [1.165, 1.54) is 0 Å². The summed E-state index contributed by atoms with van der Waals surface area (Å²) in [6, 6.07) is 4.39. The van der Waals surface area contributed by atoms with Gasteiger partial charge >= 0.3 is 0 Å². The summed E-state index contributed by atoms with van der Waals surface area (Å²) in [5, 5.41) is 16.4. The van der Waals surface area contributed by atoms with Crippen molar-refractivity contribution in [3.8, 4) is 6.07 Å². The molecule has 1 saturated carbocycles. The number of nitrogens with two attached hydrogens (primary N) is 1. The first kappa shape index (κ1) is 14.5. The van der Waals surface area contributed by atoms with Crippen molar-refractivity contribution in [2.45, 2.75) is 38.3 Å². The van der Waals surface area contributed by atoms with Gasteiger partial charge in [0.15, 0.2) is 5.82 Å². The highest BCUT2D eigenvalue weighted by molar-refractivity contribution is 5.89. The van der Waals surface area contributed by atoms with Gasteiger partial charge < -0.3 is 16.4 Å². The van der Waals surface area contributed by atoms with Gasteiger partial charge in [-0.1, -0.05) is 6.92 Å². The van der Waals surface area contributed by atoms with Crippen LogP contribution in [0, 0.1) is 11.3 Å². The molecule has 2 aromatic heterocycles. The molecule has 2 aromatic rings. The summed E-state index contributed by atoms with van der Waals surface area (Å²) in [6.07, 6.45) is 4.57. The Bertz CT molecular complexity index is 716. The number of nitrogens with one attached hydrogen (secondary N) is 2. The lowest BCUT2D eigenvalue weighted by molar-refractivity contribution is 0.372. The van der Waals surface area contributed by atoms with Gasteiger partial charge in [-0.25, -0.2) is 15.0 Å². The van der Waals surface area contributed by atoms with Crippen LogP contribution in [0.25, 0.3) is 10.9 Å². The minimum absolute atomic E-state index is 0.277. The van der Waals surface area contributed by atoms with Crippen molar-refractivity contribution in [1.82, 2.24) is 15.0 Å². The second-order valence-corrected chi connectivity index (χ2v) is 5.60. The number of hydrogen-bond donors (Lipinski definition) is 3. The summed E-state index contributed by atoms with van der Waals surface area (Å²) in [7, 11) is 0. The molecular formula is C15H19N7. The Kier molecular flexibility index (Phi) is 4.02. The highest BCUT2D eigenvalue weighted by Crippen LogP contribution is 2.24. The molecule has 1 aliphatic carbocycles. The molecule has 0 radical (unpaired) electrons. The summed E-state index contributed by atoms with van der Waals surface area (Å²) >= 11 is 0. The predicted molar refractivity (Wildman–Crippen MR) is 85.4 cm³/mol. The number of anilines is 2. The van der Waals surface area contributed by atoms with Crippen LogP contribution in [0.3, 0.4) is 0 Å². The number of nitrogens with zero attached hydrogens (tertiary/aromatic N) is 4. The molecule has 0 unspecified atom stereocenters. The summed E-state index contributed by atoms with van der Waals surface area (Å²) < 4.78 is 0. The molecule has 7 nitrogen and oxygen atoms in total. The van der Waals surface area contributed by atoms with Crippen LogP contribution in [0.1, 0.15) is 31.9 Å². The Morgan fingerprint density at radius 2 is 2.23 bits per heavy atom. The topological polar surface area (TPSA) is 113 Å². The predicted octanol–water partition coefficient (Wildman–Crippen LogP) is 1.62. The highest BCUT2D eigenvalue weighted by atomic mass is 15.1. The van der Waals surface area contributed by atoms with Gasteiger partial charge in [-0.3, -0.25) is 0 Å². The smallest absolute Gasteiger partial charge is 0.223 e. The maximum Gasteiger partial charge on any atom is 0.223 e. The molecule has 4 N–H and O–H groups in total. The van der Waals surface area contributed by atoms with Gasteiger partial charge in [0.25, 0.3) is 0 Å². The van der Waals surface area contributed by atoms with Crippen LogP contribution in [0.5, 0.6) is 0 Å². The van der Waals surface area contributed by atoms with Crippen molar-refractivity contribution in [1.29, 1.82) is 5.26 Å². The molecule has 114 valence electrons. The fourth-order valence-corrected chi connectivity index (χ4v) is 2.50. The molecular weight excluding hydrogens is 278 g/mol. The lowest BCUT2D eigenvalue weighted by atomic mass is 9.88. The zero-order valence-electron chi connectivity index (χ0n) is 12.5. The SMILES string of the molecule is CCCNc1nc(C#N)cc2cnc(N[C@H]3C[C@H](N)C3)nc12. The fourth-order valence-electron chi connectivity index (χ4n) is 2.50. The lowest BCUT2D eigenvalue weighted by Gasteiger charge is -2.32. The molecule has 0 aromatic carbocycles. The molecule has 0 amide bonds. The normalized spacial score (nSPS) is 20.2. The molecule has 0 aliphatic heterocycles. The molecule has 1 aliphatic rings. The molecule has 2 heterocycles. The minimum Gasteiger partial charge on any atom is -0.368 e. The number of pyridine rings is 1. The summed E-state index contributed by atoms with van der Waals surface area (Å²) in [6.45, 7) is 2.85. The van der Waals surface area contributed by atoms with E-state index in [1.807, 2.05) is 0 Å². The molecule has 3 rings (SSSR count). The van der Waals surface area contributed by atoms with Crippen LogP contribution in [0.15, 0.2) is 12.3 Å². The average molecular weight is 297 g/mol. The first-order chi connectivity index (χ1) is 10.7. The van der Waals surface area contributed by atoms with E-state index in [0.29, 0.717) is 23.5 Å². The highest BCUT2D eigenvalue weighted by Gasteiger charge is 2.26. The second-order valence-electron chi connectivity index (χ2n) is 5.60. The van der Waals surface area contributed by atoms with Crippen LogP contribution in [0.4, 0.5) is 11.8 Å². The molecule has 0 spiro atoms. The van der Waals surface area contributed by atoms with E-state index in [1.54, 1.807) is 12.3 Å². The first-order valence-electron chi connectivity index (χ1n) is 7.53. The Labute approximate surface area is 129 Å². The molecule has 0 saturated heterocycles. The summed E-state index contributed by atoms with van der Waals surface area (Å²) in [5.41, 5.74) is 6.88. The molecule has 22 heavy (non-hydrogen) atoms. The van der Waals surface area contributed by atoms with Crippen LogP contribution in [-0.4, -0.2) is 33.6 Å². The van der Waals surface area contributed by atoms with Crippen molar-refractivity contribution in [3.63, 3.8) is 0 Å². The Hall–Kier alpha value is -2.46. The van der Waals surface area contributed by atoms with Crippen LogP contribution in [-0.2, 0) is 0 Å². The van der Waals surface area contributed by atoms with E-state index in [0.717, 1.165) is 36.7 Å². The van der Waals surface area contributed by atoms with Gasteiger partial charge in [-0.2, -0.15) is 5.26 Å². The van der Waals surface area contributed by atoms with Gasteiger partial charge in [-0.15, -0.1) is 0 Å². The first-order valence-corrected chi connectivity index (χ1v) is 7.53. The largest absolute Gasteiger partial charge is 0.368 e. The molecule has 7 heteroatoms. The van der Waals surface area contributed by atoms with Gasteiger partial charge in [0.2, 0.25) is 5.95 Å².